The molecule has 2 aliphatic rings. The van der Waals surface area contributed by atoms with Gasteiger partial charge in [0, 0.05) is 74.8 Å². The maximum atomic E-state index is 13.3. The van der Waals surface area contributed by atoms with Crippen LogP contribution >= 0.6 is 23.2 Å². The molecule has 0 unspecified atom stereocenters. The Morgan fingerprint density at radius 3 is 2.55 bits per heavy atom. The van der Waals surface area contributed by atoms with Gasteiger partial charge in [-0.25, -0.2) is 4.98 Å². The van der Waals surface area contributed by atoms with E-state index in [1.54, 1.807) is 24.8 Å². The Balaban J connectivity index is 1.21. The lowest BCUT2D eigenvalue weighted by molar-refractivity contribution is -0.129. The van der Waals surface area contributed by atoms with Gasteiger partial charge in [-0.3, -0.25) is 19.2 Å². The molecule has 0 saturated carbocycles. The highest BCUT2D eigenvalue weighted by molar-refractivity contribution is 6.38. The van der Waals surface area contributed by atoms with Crippen molar-refractivity contribution in [2.45, 2.75) is 32.7 Å². The van der Waals surface area contributed by atoms with E-state index in [1.807, 2.05) is 15.5 Å². The molecule has 5 heterocycles. The summed E-state index contributed by atoms with van der Waals surface area (Å²) in [4.78, 5) is 32.9. The Morgan fingerprint density at radius 2 is 1.80 bits per heavy atom. The van der Waals surface area contributed by atoms with Crippen molar-refractivity contribution in [3.63, 3.8) is 0 Å². The SMILES string of the molecule is CC(C)N1CCCc2ccc(-c3nc4cnccn4c3NCC(=O)N3CCN(c4c(Cl)cncc4Cl)CC3)cc21. The molecule has 2 aliphatic heterocycles. The number of rotatable bonds is 6. The molecule has 1 aromatic carbocycles. The topological polar surface area (TPSA) is 81.9 Å². The summed E-state index contributed by atoms with van der Waals surface area (Å²) in [7, 11) is 0. The van der Waals surface area contributed by atoms with E-state index in [0.29, 0.717) is 42.3 Å². The van der Waals surface area contributed by atoms with E-state index in [9.17, 15) is 4.79 Å². The summed E-state index contributed by atoms with van der Waals surface area (Å²) in [6.45, 7) is 8.11. The molecule has 1 N–H and O–H groups in total. The fourth-order valence-electron chi connectivity index (χ4n) is 5.72. The number of piperazine rings is 1. The fourth-order valence-corrected chi connectivity index (χ4v) is 6.32. The predicted molar refractivity (Wildman–Crippen MR) is 161 cm³/mol. The smallest absolute Gasteiger partial charge is 0.242 e. The molecule has 4 aromatic rings. The average Bonchev–Trinajstić information content (AvgIpc) is 3.34. The van der Waals surface area contributed by atoms with E-state index < -0.39 is 0 Å². The zero-order chi connectivity index (χ0) is 27.8. The minimum Gasteiger partial charge on any atom is -0.369 e. The van der Waals surface area contributed by atoms with Crippen LogP contribution < -0.4 is 15.1 Å². The molecule has 1 amide bonds. The largest absolute Gasteiger partial charge is 0.369 e. The Labute approximate surface area is 243 Å². The summed E-state index contributed by atoms with van der Waals surface area (Å²) >= 11 is 12.7. The number of carbonyl (C=O) groups excluding carboxylic acids is 1. The van der Waals surface area contributed by atoms with Gasteiger partial charge in [-0.05, 0) is 38.3 Å². The van der Waals surface area contributed by atoms with Gasteiger partial charge < -0.3 is 20.0 Å². The lowest BCUT2D eigenvalue weighted by Gasteiger charge is -2.36. The number of halogens is 2. The van der Waals surface area contributed by atoms with Gasteiger partial charge in [-0.1, -0.05) is 35.3 Å². The quantitative estimate of drug-likeness (QED) is 0.344. The van der Waals surface area contributed by atoms with Crippen LogP contribution in [0.2, 0.25) is 10.0 Å². The molecular formula is C29H32Cl2N8O. The molecule has 40 heavy (non-hydrogen) atoms. The molecule has 1 saturated heterocycles. The third kappa shape index (κ3) is 5.04. The van der Waals surface area contributed by atoms with Crippen molar-refractivity contribution in [1.29, 1.82) is 0 Å². The Morgan fingerprint density at radius 1 is 1.02 bits per heavy atom. The van der Waals surface area contributed by atoms with E-state index in [4.69, 9.17) is 28.2 Å². The molecule has 208 valence electrons. The monoisotopic (exact) mass is 578 g/mol. The molecule has 0 spiro atoms. The Hall–Kier alpha value is -3.56. The Kier molecular flexibility index (Phi) is 7.42. The van der Waals surface area contributed by atoms with Gasteiger partial charge in [0.25, 0.3) is 0 Å². The van der Waals surface area contributed by atoms with Crippen molar-refractivity contribution in [1.82, 2.24) is 24.3 Å². The lowest BCUT2D eigenvalue weighted by atomic mass is 9.97. The molecule has 11 heteroatoms. The number of aryl methyl sites for hydroxylation is 1. The van der Waals surface area contributed by atoms with Crippen molar-refractivity contribution in [3.05, 3.63) is 64.8 Å². The standard InChI is InChI=1S/C29H32Cl2N8O/c1-19(2)38-8-3-4-20-5-6-21(14-24(20)38)27-29(39-9-7-32-17-25(39)35-27)34-18-26(40)36-10-12-37(13-11-36)28-22(30)15-33-16-23(28)31/h5-7,9,14-17,19,34H,3-4,8,10-13,18H2,1-2H3. The van der Waals surface area contributed by atoms with Gasteiger partial charge in [0.1, 0.15) is 11.5 Å². The van der Waals surface area contributed by atoms with E-state index in [1.165, 1.54) is 11.3 Å². The van der Waals surface area contributed by atoms with Crippen LogP contribution in [0.15, 0.2) is 49.2 Å². The van der Waals surface area contributed by atoms with E-state index in [-0.39, 0.29) is 12.5 Å². The van der Waals surface area contributed by atoms with Crippen molar-refractivity contribution >= 4 is 51.9 Å². The third-order valence-corrected chi connectivity index (χ3v) is 8.30. The van der Waals surface area contributed by atoms with E-state index in [2.05, 4.69) is 57.1 Å². The first-order valence-electron chi connectivity index (χ1n) is 13.7. The maximum Gasteiger partial charge on any atom is 0.242 e. The number of benzene rings is 1. The highest BCUT2D eigenvalue weighted by atomic mass is 35.5. The second-order valence-electron chi connectivity index (χ2n) is 10.5. The van der Waals surface area contributed by atoms with E-state index >= 15 is 0 Å². The third-order valence-electron chi connectivity index (χ3n) is 7.75. The van der Waals surface area contributed by atoms with Crippen molar-refractivity contribution < 1.29 is 4.79 Å². The number of amides is 1. The number of nitrogens with zero attached hydrogens (tertiary/aromatic N) is 7. The minimum atomic E-state index is 0.0259. The van der Waals surface area contributed by atoms with Crippen LogP contribution in [0.5, 0.6) is 0 Å². The molecule has 0 radical (unpaired) electrons. The van der Waals surface area contributed by atoms with Gasteiger partial charge in [-0.2, -0.15) is 0 Å². The van der Waals surface area contributed by atoms with Crippen molar-refractivity contribution in [3.8, 4) is 11.3 Å². The molecule has 3 aromatic heterocycles. The number of fused-ring (bicyclic) bond motifs is 2. The van der Waals surface area contributed by atoms with Gasteiger partial charge >= 0.3 is 0 Å². The first kappa shape index (κ1) is 26.7. The molecule has 1 fully saturated rings. The number of hydrogen-bond acceptors (Lipinski definition) is 7. The van der Waals surface area contributed by atoms with Crippen molar-refractivity contribution in [2.24, 2.45) is 0 Å². The van der Waals surface area contributed by atoms with Gasteiger partial charge in [0.05, 0.1) is 28.5 Å². The summed E-state index contributed by atoms with van der Waals surface area (Å²) < 4.78 is 1.96. The summed E-state index contributed by atoms with van der Waals surface area (Å²) in [5.41, 5.74) is 5.96. The number of imidazole rings is 1. The highest BCUT2D eigenvalue weighted by Gasteiger charge is 2.26. The van der Waals surface area contributed by atoms with Crippen LogP contribution in [-0.2, 0) is 11.2 Å². The second kappa shape index (κ2) is 11.1. The number of pyridine rings is 1. The lowest BCUT2D eigenvalue weighted by Crippen LogP contribution is -2.50. The Bertz CT molecular complexity index is 1530. The predicted octanol–water partition coefficient (Wildman–Crippen LogP) is 5.02. The van der Waals surface area contributed by atoms with Gasteiger partial charge in [-0.15, -0.1) is 0 Å². The van der Waals surface area contributed by atoms with Crippen LogP contribution in [0.3, 0.4) is 0 Å². The number of carbonyl (C=O) groups is 1. The molecule has 0 atom stereocenters. The summed E-state index contributed by atoms with van der Waals surface area (Å²) in [5, 5.41) is 4.44. The van der Waals surface area contributed by atoms with Crippen LogP contribution in [-0.4, -0.2) is 75.5 Å². The first-order chi connectivity index (χ1) is 19.4. The highest BCUT2D eigenvalue weighted by Crippen LogP contribution is 2.36. The number of aromatic nitrogens is 4. The fraction of sp³-hybridized carbons (Fsp3) is 0.379. The summed E-state index contributed by atoms with van der Waals surface area (Å²) in [6, 6.07) is 7.02. The summed E-state index contributed by atoms with van der Waals surface area (Å²) in [5.74, 6) is 0.810. The van der Waals surface area contributed by atoms with Crippen LogP contribution in [0.1, 0.15) is 25.8 Å². The average molecular weight is 580 g/mol. The minimum absolute atomic E-state index is 0.0259. The van der Waals surface area contributed by atoms with E-state index in [0.717, 1.165) is 47.8 Å². The van der Waals surface area contributed by atoms with Crippen LogP contribution in [0, 0.1) is 0 Å². The van der Waals surface area contributed by atoms with Crippen molar-refractivity contribution in [2.75, 3.05) is 54.4 Å². The molecule has 0 aliphatic carbocycles. The second-order valence-corrected chi connectivity index (χ2v) is 11.3. The zero-order valence-electron chi connectivity index (χ0n) is 22.6. The number of hydrogen-bond donors (Lipinski definition) is 1. The maximum absolute atomic E-state index is 13.3. The molecule has 6 rings (SSSR count). The summed E-state index contributed by atoms with van der Waals surface area (Å²) in [6.07, 6.45) is 10.8. The van der Waals surface area contributed by atoms with Crippen LogP contribution in [0.25, 0.3) is 16.9 Å². The number of nitrogens with one attached hydrogen (secondary N) is 1. The zero-order valence-corrected chi connectivity index (χ0v) is 24.2. The number of anilines is 3. The molecule has 0 bridgehead atoms. The molecular weight excluding hydrogens is 547 g/mol. The van der Waals surface area contributed by atoms with Gasteiger partial charge in [0.15, 0.2) is 5.65 Å². The van der Waals surface area contributed by atoms with Gasteiger partial charge in [0.2, 0.25) is 5.91 Å². The van der Waals surface area contributed by atoms with Crippen LogP contribution in [0.4, 0.5) is 17.2 Å². The first-order valence-corrected chi connectivity index (χ1v) is 14.4. The normalized spacial score (nSPS) is 15.6. The molecule has 9 nitrogen and oxygen atoms in total.